The summed E-state index contributed by atoms with van der Waals surface area (Å²) in [7, 11) is 0. The zero-order chi connectivity index (χ0) is 15.4. The highest BCUT2D eigenvalue weighted by Crippen LogP contribution is 2.12. The minimum Gasteiger partial charge on any atom is -0.480 e. The maximum Gasteiger partial charge on any atom is 0.322 e. The molecule has 0 heterocycles. The summed E-state index contributed by atoms with van der Waals surface area (Å²) in [5.41, 5.74) is 0.591. The molecule has 0 aliphatic rings. The predicted molar refractivity (Wildman–Crippen MR) is 86.6 cm³/mol. The average molecular weight is 313 g/mol. The van der Waals surface area contributed by atoms with Crippen LogP contribution in [-0.4, -0.2) is 34.4 Å². The highest BCUT2D eigenvalue weighted by molar-refractivity contribution is 8.14. The van der Waals surface area contributed by atoms with Gasteiger partial charge >= 0.3 is 5.97 Å². The van der Waals surface area contributed by atoms with Gasteiger partial charge in [-0.15, -0.1) is 0 Å². The number of nitrogens with one attached hydrogen (secondary N) is 1. The first kappa shape index (κ1) is 21.5. The molecule has 0 bridgehead atoms. The summed E-state index contributed by atoms with van der Waals surface area (Å²) >= 11 is 1.04. The number of rotatable bonds is 6. The van der Waals surface area contributed by atoms with Gasteiger partial charge in [0.05, 0.1) is 0 Å². The van der Waals surface area contributed by atoms with Gasteiger partial charge in [0.1, 0.15) is 6.54 Å². The second kappa shape index (κ2) is 13.2. The molecule has 5 nitrogen and oxygen atoms in total. The fourth-order valence-electron chi connectivity index (χ4n) is 1.16. The summed E-state index contributed by atoms with van der Waals surface area (Å²) < 4.78 is 0. The van der Waals surface area contributed by atoms with Crippen molar-refractivity contribution in [2.45, 2.75) is 27.7 Å². The zero-order valence-electron chi connectivity index (χ0n) is 11.6. The molecule has 0 spiro atoms. The first-order chi connectivity index (χ1) is 9.59. The quantitative estimate of drug-likeness (QED) is 0.843. The molecule has 0 saturated heterocycles. The third-order valence-electron chi connectivity index (χ3n) is 2.01. The van der Waals surface area contributed by atoms with Gasteiger partial charge in [-0.2, -0.15) is 0 Å². The first-order valence-corrected chi connectivity index (χ1v) is 7.29. The number of hydrogen-bond acceptors (Lipinski definition) is 4. The average Bonchev–Trinajstić information content (AvgIpc) is 2.48. The van der Waals surface area contributed by atoms with Crippen LogP contribution in [0.5, 0.6) is 0 Å². The molecule has 1 amide bonds. The molecule has 0 aliphatic carbocycles. The van der Waals surface area contributed by atoms with E-state index < -0.39 is 12.5 Å². The number of hydrogen-bond donors (Lipinski definition) is 2. The van der Waals surface area contributed by atoms with Crippen LogP contribution in [0.15, 0.2) is 30.3 Å². The fraction of sp³-hybridized carbons (Fsp3) is 0.400. The molecule has 0 radical (unpaired) electrons. The van der Waals surface area contributed by atoms with Crippen LogP contribution in [0.1, 0.15) is 38.1 Å². The summed E-state index contributed by atoms with van der Waals surface area (Å²) in [6, 6.07) is 8.78. The molecule has 1 rings (SSSR count). The molecular formula is C15H23NO4S. The van der Waals surface area contributed by atoms with Crippen LogP contribution in [0.3, 0.4) is 0 Å². The minimum absolute atomic E-state index is 0. The van der Waals surface area contributed by atoms with E-state index in [4.69, 9.17) is 5.11 Å². The molecule has 0 aliphatic heterocycles. The summed E-state index contributed by atoms with van der Waals surface area (Å²) in [6.07, 6.45) is 0.122. The molecule has 0 atom stereocenters. The maximum atomic E-state index is 11.6. The van der Waals surface area contributed by atoms with Crippen LogP contribution in [0.4, 0.5) is 0 Å². The SMILES string of the molecule is C.CC.O=C(O)CNC(=O)CCSC(=O)c1ccccc1. The monoisotopic (exact) mass is 313 g/mol. The number of thioether (sulfide) groups is 1. The predicted octanol–water partition coefficient (Wildman–Crippen LogP) is 2.81. The molecule has 0 aromatic heterocycles. The molecule has 21 heavy (non-hydrogen) atoms. The Morgan fingerprint density at radius 3 is 2.24 bits per heavy atom. The van der Waals surface area contributed by atoms with Crippen molar-refractivity contribution < 1.29 is 19.5 Å². The number of carbonyl (C=O) groups is 3. The van der Waals surface area contributed by atoms with Crippen LogP contribution in [-0.2, 0) is 9.59 Å². The van der Waals surface area contributed by atoms with Crippen molar-refractivity contribution in [3.63, 3.8) is 0 Å². The van der Waals surface area contributed by atoms with Gasteiger partial charge in [0.15, 0.2) is 0 Å². The second-order valence-electron chi connectivity index (χ2n) is 3.42. The topological polar surface area (TPSA) is 83.5 Å². The summed E-state index contributed by atoms with van der Waals surface area (Å²) in [4.78, 5) is 33.0. The highest BCUT2D eigenvalue weighted by Gasteiger charge is 2.08. The Labute approximate surface area is 130 Å². The Balaban J connectivity index is 0. The lowest BCUT2D eigenvalue weighted by Gasteiger charge is -2.02. The number of amides is 1. The summed E-state index contributed by atoms with van der Waals surface area (Å²) in [6.45, 7) is 3.61. The van der Waals surface area contributed by atoms with Gasteiger partial charge < -0.3 is 10.4 Å². The summed E-state index contributed by atoms with van der Waals surface area (Å²) in [5, 5.41) is 10.5. The molecule has 118 valence electrons. The van der Waals surface area contributed by atoms with E-state index in [1.54, 1.807) is 24.3 Å². The van der Waals surface area contributed by atoms with Crippen LogP contribution in [0.25, 0.3) is 0 Å². The van der Waals surface area contributed by atoms with E-state index in [9.17, 15) is 14.4 Å². The van der Waals surface area contributed by atoms with Crippen molar-refractivity contribution in [2.24, 2.45) is 0 Å². The zero-order valence-corrected chi connectivity index (χ0v) is 12.4. The van der Waals surface area contributed by atoms with Gasteiger partial charge in [-0.1, -0.05) is 63.4 Å². The Bertz CT molecular complexity index is 435. The molecule has 1 aromatic rings. The first-order valence-electron chi connectivity index (χ1n) is 6.30. The van der Waals surface area contributed by atoms with E-state index in [0.29, 0.717) is 11.3 Å². The van der Waals surface area contributed by atoms with E-state index in [0.717, 1.165) is 11.8 Å². The lowest BCUT2D eigenvalue weighted by atomic mass is 10.2. The molecule has 0 unspecified atom stereocenters. The van der Waals surface area contributed by atoms with Gasteiger partial charge in [-0.05, 0) is 0 Å². The summed E-state index contributed by atoms with van der Waals surface area (Å²) in [5.74, 6) is -1.12. The third-order valence-corrected chi connectivity index (χ3v) is 2.91. The van der Waals surface area contributed by atoms with Crippen molar-refractivity contribution in [2.75, 3.05) is 12.3 Å². The molecular weight excluding hydrogens is 290 g/mol. The van der Waals surface area contributed by atoms with Gasteiger partial charge in [-0.3, -0.25) is 14.4 Å². The van der Waals surface area contributed by atoms with Crippen LogP contribution in [0.2, 0.25) is 0 Å². The lowest BCUT2D eigenvalue weighted by Crippen LogP contribution is -2.29. The standard InChI is InChI=1S/C12H13NO4S.C2H6.CH4/c14-10(13-8-11(15)16)6-7-18-12(17)9-4-2-1-3-5-9;1-2;/h1-5H,6-8H2,(H,13,14)(H,15,16);1-2H3;1H4. The maximum absolute atomic E-state index is 11.6. The lowest BCUT2D eigenvalue weighted by molar-refractivity contribution is -0.137. The van der Waals surface area contributed by atoms with E-state index in [2.05, 4.69) is 5.32 Å². The molecule has 6 heteroatoms. The highest BCUT2D eigenvalue weighted by atomic mass is 32.2. The third kappa shape index (κ3) is 10.6. The van der Waals surface area contributed by atoms with Crippen molar-refractivity contribution in [3.05, 3.63) is 35.9 Å². The number of carboxylic acids is 1. The van der Waals surface area contributed by atoms with Crippen LogP contribution in [0, 0.1) is 0 Å². The number of benzene rings is 1. The Kier molecular flexibility index (Phi) is 13.5. The van der Waals surface area contributed by atoms with Gasteiger partial charge in [-0.25, -0.2) is 0 Å². The molecule has 1 aromatic carbocycles. The normalized spacial score (nSPS) is 8.67. The van der Waals surface area contributed by atoms with E-state index >= 15 is 0 Å². The largest absolute Gasteiger partial charge is 0.480 e. The number of carboxylic acid groups (broad SMARTS) is 1. The Morgan fingerprint density at radius 2 is 1.71 bits per heavy atom. The van der Waals surface area contributed by atoms with E-state index in [1.807, 2.05) is 19.9 Å². The van der Waals surface area contributed by atoms with Crippen molar-refractivity contribution in [1.29, 1.82) is 0 Å². The molecule has 2 N–H and O–H groups in total. The van der Waals surface area contributed by atoms with Crippen molar-refractivity contribution in [1.82, 2.24) is 5.32 Å². The van der Waals surface area contributed by atoms with Gasteiger partial charge in [0.2, 0.25) is 11.0 Å². The Hall–Kier alpha value is -1.82. The number of aliphatic carboxylic acids is 1. The fourth-order valence-corrected chi connectivity index (χ4v) is 1.93. The molecule has 0 fully saturated rings. The van der Waals surface area contributed by atoms with Crippen LogP contribution < -0.4 is 5.32 Å². The smallest absolute Gasteiger partial charge is 0.322 e. The van der Waals surface area contributed by atoms with Gasteiger partial charge in [0, 0.05) is 17.7 Å². The van der Waals surface area contributed by atoms with E-state index in [1.165, 1.54) is 0 Å². The van der Waals surface area contributed by atoms with Crippen molar-refractivity contribution in [3.8, 4) is 0 Å². The van der Waals surface area contributed by atoms with Crippen molar-refractivity contribution >= 4 is 28.8 Å². The number of carbonyl (C=O) groups excluding carboxylic acids is 2. The van der Waals surface area contributed by atoms with Gasteiger partial charge in [0.25, 0.3) is 0 Å². The molecule has 0 saturated carbocycles. The Morgan fingerprint density at radius 1 is 1.14 bits per heavy atom. The van der Waals surface area contributed by atoms with E-state index in [-0.39, 0.29) is 24.9 Å². The minimum atomic E-state index is -1.09. The van der Waals surface area contributed by atoms with Crippen LogP contribution >= 0.6 is 11.8 Å². The second-order valence-corrected chi connectivity index (χ2v) is 4.49.